The largest absolute Gasteiger partial charge is 0.472 e. The summed E-state index contributed by atoms with van der Waals surface area (Å²) in [7, 11) is -9.93. The highest BCUT2D eigenvalue weighted by Crippen LogP contribution is 2.45. The Bertz CT molecular complexity index is 1980. The minimum absolute atomic E-state index is 0.109. The summed E-state index contributed by atoms with van der Waals surface area (Å²) >= 11 is 0. The minimum atomic E-state index is -4.96. The molecule has 0 aliphatic rings. The van der Waals surface area contributed by atoms with Gasteiger partial charge in [0.15, 0.2) is 12.2 Å². The molecule has 0 amide bonds. The average molecular weight is 1520 g/mol. The van der Waals surface area contributed by atoms with Gasteiger partial charge in [-0.3, -0.25) is 37.3 Å². The van der Waals surface area contributed by atoms with Gasteiger partial charge in [-0.2, -0.15) is 0 Å². The lowest BCUT2D eigenvalue weighted by atomic mass is 10.0. The molecule has 5 atom stereocenters. The molecule has 0 fully saturated rings. The van der Waals surface area contributed by atoms with Crippen molar-refractivity contribution in [2.45, 2.75) is 477 Å². The van der Waals surface area contributed by atoms with Crippen LogP contribution in [-0.4, -0.2) is 96.7 Å². The van der Waals surface area contributed by atoms with E-state index in [9.17, 15) is 43.2 Å². The Morgan fingerprint density at radius 1 is 0.260 bits per heavy atom. The van der Waals surface area contributed by atoms with Crippen LogP contribution in [0.2, 0.25) is 0 Å². The first-order valence-electron chi connectivity index (χ1n) is 44.1. The molecule has 0 radical (unpaired) electrons. The quantitative estimate of drug-likeness (QED) is 0.0222. The smallest absolute Gasteiger partial charge is 0.462 e. The molecule has 618 valence electrons. The first-order chi connectivity index (χ1) is 50.5. The lowest BCUT2D eigenvalue weighted by Crippen LogP contribution is -2.30. The van der Waals surface area contributed by atoms with Crippen LogP contribution in [0.1, 0.15) is 458 Å². The highest BCUT2D eigenvalue weighted by molar-refractivity contribution is 7.47. The van der Waals surface area contributed by atoms with Gasteiger partial charge < -0.3 is 33.8 Å². The number of ether oxygens (including phenoxy) is 4. The Balaban J connectivity index is 5.24. The van der Waals surface area contributed by atoms with Crippen molar-refractivity contribution in [2.75, 3.05) is 39.6 Å². The third kappa shape index (κ3) is 78.2. The van der Waals surface area contributed by atoms with Gasteiger partial charge in [0.1, 0.15) is 19.3 Å². The zero-order chi connectivity index (χ0) is 76.2. The van der Waals surface area contributed by atoms with E-state index >= 15 is 0 Å². The van der Waals surface area contributed by atoms with E-state index in [1.807, 2.05) is 0 Å². The van der Waals surface area contributed by atoms with Crippen molar-refractivity contribution >= 4 is 39.5 Å². The predicted octanol–water partition coefficient (Wildman–Crippen LogP) is 26.0. The Morgan fingerprint density at radius 3 is 0.654 bits per heavy atom. The number of phosphoric ester groups is 2. The van der Waals surface area contributed by atoms with Crippen LogP contribution < -0.4 is 0 Å². The maximum Gasteiger partial charge on any atom is 0.472 e. The van der Waals surface area contributed by atoms with E-state index in [0.717, 1.165) is 95.8 Å². The highest BCUT2D eigenvalue weighted by atomic mass is 31.2. The van der Waals surface area contributed by atoms with Crippen LogP contribution in [0.15, 0.2) is 0 Å². The van der Waals surface area contributed by atoms with Gasteiger partial charge in [-0.05, 0) is 31.6 Å². The summed E-state index contributed by atoms with van der Waals surface area (Å²) in [5.41, 5.74) is 0. The van der Waals surface area contributed by atoms with Crippen molar-refractivity contribution < 1.29 is 80.2 Å². The Kier molecular flexibility index (Phi) is 76.3. The molecule has 0 saturated carbocycles. The van der Waals surface area contributed by atoms with E-state index in [0.29, 0.717) is 25.7 Å². The molecule has 0 aromatic carbocycles. The van der Waals surface area contributed by atoms with E-state index in [1.54, 1.807) is 0 Å². The van der Waals surface area contributed by atoms with Crippen molar-refractivity contribution in [2.24, 2.45) is 5.92 Å². The van der Waals surface area contributed by atoms with Crippen LogP contribution in [0.4, 0.5) is 0 Å². The average Bonchev–Trinajstić information content (AvgIpc) is 0.903. The van der Waals surface area contributed by atoms with Crippen molar-refractivity contribution in [3.63, 3.8) is 0 Å². The lowest BCUT2D eigenvalue weighted by molar-refractivity contribution is -0.161. The number of aliphatic hydroxyl groups excluding tert-OH is 1. The molecule has 0 aromatic heterocycles. The summed E-state index contributed by atoms with van der Waals surface area (Å²) < 4.78 is 68.9. The highest BCUT2D eigenvalue weighted by Gasteiger charge is 2.30. The second-order valence-corrected chi connectivity index (χ2v) is 34.0. The van der Waals surface area contributed by atoms with Crippen LogP contribution in [0.5, 0.6) is 0 Å². The molecule has 0 aromatic rings. The standard InChI is InChI=1S/C85H166O17P2/c1-6-9-12-15-18-21-24-27-29-30-31-32-33-34-35-40-46-51-56-61-66-71-85(90)102-81(75-96-83(88)69-64-59-54-49-44-41-36-38-42-47-52-57-62-67-78(4)5)77-100-104(93,94)98-73-79(86)72-97-103(91,92)99-76-80(74-95-82(87)68-63-58-53-48-43-37-26-23-20-17-14-11-8-3)101-84(89)70-65-60-55-50-45-39-28-25-22-19-16-13-10-7-2/h78-81,86H,6-77H2,1-5H3,(H,91,92)(H,93,94)/t79-,80+,81+/m0/s1. The van der Waals surface area contributed by atoms with Gasteiger partial charge in [-0.1, -0.05) is 407 Å². The third-order valence-corrected chi connectivity index (χ3v) is 21.9. The van der Waals surface area contributed by atoms with E-state index in [-0.39, 0.29) is 25.7 Å². The Hall–Kier alpha value is -1.94. The number of carbonyl (C=O) groups excluding carboxylic acids is 4. The fourth-order valence-corrected chi connectivity index (χ4v) is 14.9. The Labute approximate surface area is 638 Å². The van der Waals surface area contributed by atoms with Crippen molar-refractivity contribution in [3.8, 4) is 0 Å². The normalized spacial score (nSPS) is 13.8. The maximum atomic E-state index is 13.1. The molecule has 104 heavy (non-hydrogen) atoms. The molecule has 0 bridgehead atoms. The molecule has 0 aliphatic carbocycles. The van der Waals surface area contributed by atoms with Crippen LogP contribution in [-0.2, 0) is 65.4 Å². The number of hydrogen-bond acceptors (Lipinski definition) is 15. The molecular weight excluding hydrogens is 1350 g/mol. The van der Waals surface area contributed by atoms with Gasteiger partial charge in [0.05, 0.1) is 26.4 Å². The first kappa shape index (κ1) is 102. The second kappa shape index (κ2) is 77.8. The van der Waals surface area contributed by atoms with E-state index in [1.165, 1.54) is 283 Å². The Morgan fingerprint density at radius 2 is 0.442 bits per heavy atom. The topological polar surface area (TPSA) is 237 Å². The second-order valence-electron chi connectivity index (χ2n) is 31.1. The molecule has 3 N–H and O–H groups in total. The number of carbonyl (C=O) groups is 4. The number of hydrogen-bond donors (Lipinski definition) is 3. The van der Waals surface area contributed by atoms with Gasteiger partial charge in [0.25, 0.3) is 0 Å². The number of aliphatic hydroxyl groups is 1. The zero-order valence-corrected chi connectivity index (χ0v) is 70.0. The SMILES string of the molecule is CCCCCCCCCCCCCCCCCCCCCCCC(=O)O[C@H](COC(=O)CCCCCCCCCCCCCCCC(C)C)COP(=O)(O)OC[C@@H](O)COP(=O)(O)OC[C@@H](COC(=O)CCCCCCCCCCCCCCC)OC(=O)CCCCCCCCCCCCCCCC. The van der Waals surface area contributed by atoms with Crippen LogP contribution in [0, 0.1) is 5.92 Å². The summed E-state index contributed by atoms with van der Waals surface area (Å²) in [6.45, 7) is 7.38. The molecule has 0 heterocycles. The van der Waals surface area contributed by atoms with Gasteiger partial charge in [0.2, 0.25) is 0 Å². The summed E-state index contributed by atoms with van der Waals surface area (Å²) in [4.78, 5) is 73.2. The van der Waals surface area contributed by atoms with Crippen LogP contribution >= 0.6 is 15.6 Å². The molecule has 0 aliphatic heterocycles. The van der Waals surface area contributed by atoms with E-state index in [2.05, 4.69) is 34.6 Å². The summed E-state index contributed by atoms with van der Waals surface area (Å²) in [5, 5.41) is 10.7. The fourth-order valence-electron chi connectivity index (χ4n) is 13.3. The zero-order valence-electron chi connectivity index (χ0n) is 68.2. The third-order valence-electron chi connectivity index (χ3n) is 20.0. The molecular formula is C85H166O17P2. The summed E-state index contributed by atoms with van der Waals surface area (Å²) in [6, 6.07) is 0. The lowest BCUT2D eigenvalue weighted by Gasteiger charge is -2.21. The van der Waals surface area contributed by atoms with Gasteiger partial charge in [0, 0.05) is 25.7 Å². The molecule has 2 unspecified atom stereocenters. The maximum absolute atomic E-state index is 13.1. The van der Waals surface area contributed by atoms with E-state index in [4.69, 9.17) is 37.0 Å². The van der Waals surface area contributed by atoms with Crippen LogP contribution in [0.25, 0.3) is 0 Å². The summed E-state index contributed by atoms with van der Waals surface area (Å²) in [5.74, 6) is -1.31. The van der Waals surface area contributed by atoms with Crippen LogP contribution in [0.3, 0.4) is 0 Å². The summed E-state index contributed by atoms with van der Waals surface area (Å²) in [6.07, 6.45) is 70.7. The molecule has 0 saturated heterocycles. The fraction of sp³-hybridized carbons (Fsp3) is 0.953. The number of esters is 4. The molecule has 19 heteroatoms. The number of phosphoric acid groups is 2. The first-order valence-corrected chi connectivity index (χ1v) is 47.1. The van der Waals surface area contributed by atoms with Gasteiger partial charge in [-0.25, -0.2) is 9.13 Å². The van der Waals surface area contributed by atoms with Crippen molar-refractivity contribution in [3.05, 3.63) is 0 Å². The minimum Gasteiger partial charge on any atom is -0.462 e. The molecule has 0 rings (SSSR count). The van der Waals surface area contributed by atoms with E-state index < -0.39 is 97.5 Å². The molecule has 0 spiro atoms. The van der Waals surface area contributed by atoms with Crippen molar-refractivity contribution in [1.82, 2.24) is 0 Å². The molecule has 17 nitrogen and oxygen atoms in total. The monoisotopic (exact) mass is 1520 g/mol. The van der Waals surface area contributed by atoms with Gasteiger partial charge in [-0.15, -0.1) is 0 Å². The number of rotatable bonds is 85. The van der Waals surface area contributed by atoms with Crippen molar-refractivity contribution in [1.29, 1.82) is 0 Å². The number of unbranched alkanes of at least 4 members (excludes halogenated alkanes) is 57. The predicted molar refractivity (Wildman–Crippen MR) is 428 cm³/mol. The van der Waals surface area contributed by atoms with Gasteiger partial charge >= 0.3 is 39.5 Å².